The third-order valence-corrected chi connectivity index (χ3v) is 2.81. The Morgan fingerprint density at radius 1 is 1.37 bits per heavy atom. The number of hydrogen-bond acceptors (Lipinski definition) is 4. The van der Waals surface area contributed by atoms with Crippen LogP contribution in [0.4, 0.5) is 0 Å². The van der Waals surface area contributed by atoms with Gasteiger partial charge in [0.25, 0.3) is 0 Å². The second-order valence-electron chi connectivity index (χ2n) is 4.62. The number of aliphatic hydroxyl groups is 1. The normalized spacial score (nSPS) is 10.7. The molecule has 1 rings (SSSR count). The van der Waals surface area contributed by atoms with Crippen LogP contribution in [0.3, 0.4) is 0 Å². The van der Waals surface area contributed by atoms with Crippen LogP contribution in [0, 0.1) is 0 Å². The van der Waals surface area contributed by atoms with E-state index in [9.17, 15) is 4.79 Å². The first-order valence-electron chi connectivity index (χ1n) is 6.98. The van der Waals surface area contributed by atoms with Gasteiger partial charge >= 0.3 is 0 Å². The molecule has 0 aromatic carbocycles. The minimum absolute atomic E-state index is 0.0855. The van der Waals surface area contributed by atoms with Crippen LogP contribution in [-0.2, 0) is 17.8 Å². The van der Waals surface area contributed by atoms with Crippen LogP contribution >= 0.6 is 0 Å². The monoisotopic (exact) mass is 268 g/mol. The minimum atomic E-state index is 0.0855. The maximum absolute atomic E-state index is 12.1. The quantitative estimate of drug-likeness (QED) is 0.721. The molecule has 0 bridgehead atoms. The summed E-state index contributed by atoms with van der Waals surface area (Å²) in [6.07, 6.45) is 5.07. The Labute approximate surface area is 114 Å². The van der Waals surface area contributed by atoms with E-state index in [1.807, 2.05) is 4.90 Å². The second-order valence-corrected chi connectivity index (χ2v) is 4.62. The summed E-state index contributed by atoms with van der Waals surface area (Å²) in [4.78, 5) is 14.0. The predicted octanol–water partition coefficient (Wildman–Crippen LogP) is 0.852. The molecule has 0 aliphatic rings. The molecule has 0 fully saturated rings. The summed E-state index contributed by atoms with van der Waals surface area (Å²) in [6.45, 7) is 6.10. The van der Waals surface area contributed by atoms with Gasteiger partial charge in [-0.1, -0.05) is 19.1 Å². The Kier molecular flexibility index (Phi) is 7.10. The van der Waals surface area contributed by atoms with E-state index in [1.165, 1.54) is 0 Å². The highest BCUT2D eigenvalue weighted by Crippen LogP contribution is 2.01. The molecule has 0 unspecified atom stereocenters. The molecule has 1 aromatic heterocycles. The summed E-state index contributed by atoms with van der Waals surface area (Å²) < 4.78 is 1.58. The lowest BCUT2D eigenvalue weighted by atomic mass is 10.3. The summed E-state index contributed by atoms with van der Waals surface area (Å²) in [7, 11) is 0. The average Bonchev–Trinajstić information content (AvgIpc) is 2.83. The first-order chi connectivity index (χ1) is 9.21. The van der Waals surface area contributed by atoms with Crippen LogP contribution in [0.1, 0.15) is 38.8 Å². The maximum atomic E-state index is 12.1. The number of carbonyl (C=O) groups excluding carboxylic acids is 1. The molecule has 0 aliphatic carbocycles. The molecule has 0 aliphatic heterocycles. The first-order valence-corrected chi connectivity index (χ1v) is 6.98. The fraction of sp³-hybridized carbons (Fsp3) is 0.769. The molecule has 19 heavy (non-hydrogen) atoms. The van der Waals surface area contributed by atoms with Crippen molar-refractivity contribution < 1.29 is 9.90 Å². The van der Waals surface area contributed by atoms with E-state index >= 15 is 0 Å². The zero-order valence-electron chi connectivity index (χ0n) is 11.9. The van der Waals surface area contributed by atoms with Crippen molar-refractivity contribution in [2.24, 2.45) is 0 Å². The first kappa shape index (κ1) is 15.6. The number of aromatic nitrogens is 3. The third-order valence-electron chi connectivity index (χ3n) is 2.81. The van der Waals surface area contributed by atoms with E-state index in [2.05, 4.69) is 24.2 Å². The van der Waals surface area contributed by atoms with Crippen molar-refractivity contribution in [2.75, 3.05) is 19.7 Å². The molecular formula is C13H24N4O2. The molecule has 0 radical (unpaired) electrons. The van der Waals surface area contributed by atoms with Gasteiger partial charge in [-0.3, -0.25) is 4.79 Å². The summed E-state index contributed by atoms with van der Waals surface area (Å²) in [5.41, 5.74) is 0.819. The van der Waals surface area contributed by atoms with Crippen LogP contribution in [0.5, 0.6) is 0 Å². The zero-order chi connectivity index (χ0) is 14.1. The van der Waals surface area contributed by atoms with Crippen molar-refractivity contribution in [3.05, 3.63) is 11.9 Å². The van der Waals surface area contributed by atoms with Crippen LogP contribution in [-0.4, -0.2) is 50.6 Å². The Morgan fingerprint density at radius 2 is 2.05 bits per heavy atom. The third kappa shape index (κ3) is 5.38. The van der Waals surface area contributed by atoms with Crippen molar-refractivity contribution in [2.45, 2.75) is 46.1 Å². The van der Waals surface area contributed by atoms with Gasteiger partial charge in [0, 0.05) is 25.9 Å². The summed E-state index contributed by atoms with van der Waals surface area (Å²) in [6, 6.07) is 0. The molecule has 1 amide bonds. The number of nitrogens with zero attached hydrogens (tertiary/aromatic N) is 4. The zero-order valence-corrected chi connectivity index (χ0v) is 11.9. The lowest BCUT2D eigenvalue weighted by Gasteiger charge is -2.21. The van der Waals surface area contributed by atoms with Crippen molar-refractivity contribution >= 4 is 5.91 Å². The van der Waals surface area contributed by atoms with Gasteiger partial charge in [-0.25, -0.2) is 4.68 Å². The fourth-order valence-electron chi connectivity index (χ4n) is 1.93. The maximum Gasteiger partial charge on any atom is 0.244 e. The van der Waals surface area contributed by atoms with E-state index < -0.39 is 0 Å². The average molecular weight is 268 g/mol. The van der Waals surface area contributed by atoms with Gasteiger partial charge in [0.2, 0.25) is 5.91 Å². The Balaban J connectivity index is 2.52. The van der Waals surface area contributed by atoms with E-state index in [4.69, 9.17) is 5.11 Å². The Morgan fingerprint density at radius 3 is 2.63 bits per heavy atom. The number of amides is 1. The van der Waals surface area contributed by atoms with Crippen molar-refractivity contribution in [3.8, 4) is 0 Å². The van der Waals surface area contributed by atoms with Crippen LogP contribution < -0.4 is 0 Å². The fourth-order valence-corrected chi connectivity index (χ4v) is 1.93. The highest BCUT2D eigenvalue weighted by Gasteiger charge is 2.13. The highest BCUT2D eigenvalue weighted by molar-refractivity contribution is 5.75. The lowest BCUT2D eigenvalue weighted by Crippen LogP contribution is -2.35. The van der Waals surface area contributed by atoms with Gasteiger partial charge in [-0.05, 0) is 25.7 Å². The number of aliphatic hydroxyl groups excluding tert-OH is 1. The van der Waals surface area contributed by atoms with Crippen LogP contribution in [0.25, 0.3) is 0 Å². The summed E-state index contributed by atoms with van der Waals surface area (Å²) in [5.74, 6) is 0.0855. The molecule has 0 spiro atoms. The highest BCUT2D eigenvalue weighted by atomic mass is 16.2. The molecular weight excluding hydrogens is 244 g/mol. The predicted molar refractivity (Wildman–Crippen MR) is 72.6 cm³/mol. The SMILES string of the molecule is CCCN(CCC)C(=O)Cn1cc(CCCO)nn1. The number of aryl methyl sites for hydroxylation is 1. The Hall–Kier alpha value is -1.43. The van der Waals surface area contributed by atoms with Gasteiger partial charge in [0.1, 0.15) is 6.54 Å². The molecule has 1 aromatic rings. The van der Waals surface area contributed by atoms with Crippen molar-refractivity contribution in [3.63, 3.8) is 0 Å². The van der Waals surface area contributed by atoms with E-state index in [0.29, 0.717) is 12.8 Å². The summed E-state index contributed by atoms with van der Waals surface area (Å²) >= 11 is 0. The largest absolute Gasteiger partial charge is 0.396 e. The second kappa shape index (κ2) is 8.63. The summed E-state index contributed by atoms with van der Waals surface area (Å²) in [5, 5.41) is 16.7. The molecule has 1 N–H and O–H groups in total. The molecule has 6 heteroatoms. The minimum Gasteiger partial charge on any atom is -0.396 e. The number of hydrogen-bond donors (Lipinski definition) is 1. The number of carbonyl (C=O) groups is 1. The van der Waals surface area contributed by atoms with E-state index in [-0.39, 0.29) is 19.1 Å². The van der Waals surface area contributed by atoms with E-state index in [1.54, 1.807) is 10.9 Å². The van der Waals surface area contributed by atoms with Crippen LogP contribution in [0.2, 0.25) is 0 Å². The van der Waals surface area contributed by atoms with Gasteiger partial charge in [-0.2, -0.15) is 0 Å². The lowest BCUT2D eigenvalue weighted by molar-refractivity contribution is -0.132. The molecule has 6 nitrogen and oxygen atoms in total. The topological polar surface area (TPSA) is 71.2 Å². The van der Waals surface area contributed by atoms with Gasteiger partial charge in [0.15, 0.2) is 0 Å². The van der Waals surface area contributed by atoms with Gasteiger partial charge < -0.3 is 10.0 Å². The smallest absolute Gasteiger partial charge is 0.244 e. The standard InChI is InChI=1S/C13H24N4O2/c1-3-7-16(8-4-2)13(19)11-17-10-12(14-15-17)6-5-9-18/h10,18H,3-9,11H2,1-2H3. The molecule has 0 atom stereocenters. The number of rotatable bonds is 9. The molecule has 0 saturated heterocycles. The van der Waals surface area contributed by atoms with Crippen molar-refractivity contribution in [1.82, 2.24) is 19.9 Å². The van der Waals surface area contributed by atoms with Crippen LogP contribution in [0.15, 0.2) is 6.20 Å². The molecule has 108 valence electrons. The van der Waals surface area contributed by atoms with Crippen molar-refractivity contribution in [1.29, 1.82) is 0 Å². The van der Waals surface area contributed by atoms with Gasteiger partial charge in [0.05, 0.1) is 5.69 Å². The molecule has 1 heterocycles. The van der Waals surface area contributed by atoms with E-state index in [0.717, 1.165) is 31.6 Å². The van der Waals surface area contributed by atoms with Gasteiger partial charge in [-0.15, -0.1) is 5.10 Å². The Bertz CT molecular complexity index is 372. The molecule has 0 saturated carbocycles.